The van der Waals surface area contributed by atoms with E-state index < -0.39 is 18.3 Å². The predicted octanol–water partition coefficient (Wildman–Crippen LogP) is 4.39. The molecular formula is C21H16F3N3O2. The third-order valence-corrected chi connectivity index (χ3v) is 4.44. The van der Waals surface area contributed by atoms with Crippen LogP contribution in [0.15, 0.2) is 48.5 Å². The molecule has 1 aromatic heterocycles. The van der Waals surface area contributed by atoms with Gasteiger partial charge in [-0.1, -0.05) is 24.3 Å². The first-order chi connectivity index (χ1) is 13.8. The van der Waals surface area contributed by atoms with Crippen LogP contribution >= 0.6 is 0 Å². The number of aliphatic hydroxyl groups excluding tert-OH is 1. The first kappa shape index (κ1) is 20.2. The topological polar surface area (TPSA) is 92.2 Å². The van der Waals surface area contributed by atoms with Gasteiger partial charge in [-0.2, -0.15) is 18.4 Å². The lowest BCUT2D eigenvalue weighted by Gasteiger charge is -2.17. The molecule has 0 bridgehead atoms. The van der Waals surface area contributed by atoms with Crippen molar-refractivity contribution in [3.63, 3.8) is 0 Å². The van der Waals surface area contributed by atoms with Crippen molar-refractivity contribution in [3.8, 4) is 34.2 Å². The van der Waals surface area contributed by atoms with Crippen molar-refractivity contribution in [3.05, 3.63) is 65.2 Å². The minimum atomic E-state index is -4.49. The number of aliphatic hydroxyl groups is 1. The molecule has 148 valence electrons. The van der Waals surface area contributed by atoms with Crippen LogP contribution in [-0.4, -0.2) is 17.2 Å². The van der Waals surface area contributed by atoms with Crippen LogP contribution in [-0.2, 0) is 12.8 Å². The van der Waals surface area contributed by atoms with Gasteiger partial charge in [0, 0.05) is 16.7 Å². The number of ether oxygens (including phenoxy) is 1. The number of aromatic nitrogens is 1. The number of pyridine rings is 1. The molecule has 0 fully saturated rings. The van der Waals surface area contributed by atoms with Crippen molar-refractivity contribution < 1.29 is 23.0 Å². The van der Waals surface area contributed by atoms with Crippen molar-refractivity contribution in [2.75, 3.05) is 12.8 Å². The van der Waals surface area contributed by atoms with Crippen LogP contribution in [0.5, 0.6) is 5.75 Å². The van der Waals surface area contributed by atoms with E-state index in [1.165, 1.54) is 19.2 Å². The number of methoxy groups -OCH3 is 1. The minimum absolute atomic E-state index is 0.0135. The predicted molar refractivity (Wildman–Crippen MR) is 102 cm³/mol. The zero-order chi connectivity index (χ0) is 21.2. The Morgan fingerprint density at radius 3 is 2.38 bits per heavy atom. The summed E-state index contributed by atoms with van der Waals surface area (Å²) in [4.78, 5) is 4.26. The molecule has 29 heavy (non-hydrogen) atoms. The fourth-order valence-corrected chi connectivity index (χ4v) is 3.06. The van der Waals surface area contributed by atoms with Crippen LogP contribution in [0.3, 0.4) is 0 Å². The Morgan fingerprint density at radius 2 is 1.83 bits per heavy atom. The van der Waals surface area contributed by atoms with E-state index in [4.69, 9.17) is 10.5 Å². The van der Waals surface area contributed by atoms with E-state index in [0.29, 0.717) is 22.6 Å². The van der Waals surface area contributed by atoms with Gasteiger partial charge in [-0.15, -0.1) is 0 Å². The molecule has 0 unspecified atom stereocenters. The van der Waals surface area contributed by atoms with Gasteiger partial charge in [0.1, 0.15) is 23.2 Å². The van der Waals surface area contributed by atoms with E-state index >= 15 is 0 Å². The average molecular weight is 399 g/mol. The van der Waals surface area contributed by atoms with Crippen molar-refractivity contribution >= 4 is 5.82 Å². The normalized spacial score (nSPS) is 11.2. The third kappa shape index (κ3) is 3.86. The standard InChI is InChI=1S/C21H16F3N3O2/c1-29-15-4-2-3-13(9-15)19-17(11-28)18(16(10-25)20(26)27-19)12-5-7-14(8-6-12)21(22,23)24/h2-9,28H,11H2,1H3,(H2,26,27). The Balaban J connectivity index is 2.28. The molecule has 0 amide bonds. The lowest BCUT2D eigenvalue weighted by atomic mass is 9.91. The fraction of sp³-hybridized carbons (Fsp3) is 0.143. The highest BCUT2D eigenvalue weighted by atomic mass is 19.4. The van der Waals surface area contributed by atoms with E-state index in [1.54, 1.807) is 24.3 Å². The van der Waals surface area contributed by atoms with E-state index in [-0.39, 0.29) is 22.5 Å². The number of nitriles is 1. The molecule has 5 nitrogen and oxygen atoms in total. The minimum Gasteiger partial charge on any atom is -0.497 e. The Kier molecular flexibility index (Phi) is 5.43. The van der Waals surface area contributed by atoms with Gasteiger partial charge in [-0.25, -0.2) is 4.98 Å². The lowest BCUT2D eigenvalue weighted by Crippen LogP contribution is -2.07. The van der Waals surface area contributed by atoms with Gasteiger partial charge in [0.15, 0.2) is 0 Å². The molecule has 3 N–H and O–H groups in total. The quantitative estimate of drug-likeness (QED) is 0.679. The van der Waals surface area contributed by atoms with E-state index in [1.807, 2.05) is 6.07 Å². The molecule has 3 rings (SSSR count). The Labute approximate surface area is 164 Å². The maximum atomic E-state index is 12.9. The smallest absolute Gasteiger partial charge is 0.416 e. The van der Waals surface area contributed by atoms with Gasteiger partial charge in [-0.05, 0) is 29.8 Å². The zero-order valence-corrected chi connectivity index (χ0v) is 15.3. The molecule has 0 aliphatic heterocycles. The molecule has 1 heterocycles. The third-order valence-electron chi connectivity index (χ3n) is 4.44. The number of nitrogens with zero attached hydrogens (tertiary/aromatic N) is 2. The van der Waals surface area contributed by atoms with Crippen LogP contribution in [0.25, 0.3) is 22.4 Å². The van der Waals surface area contributed by atoms with Crippen molar-refractivity contribution in [1.82, 2.24) is 4.98 Å². The number of halogens is 3. The number of alkyl halides is 3. The van der Waals surface area contributed by atoms with Crippen LogP contribution in [0.2, 0.25) is 0 Å². The second-order valence-corrected chi connectivity index (χ2v) is 6.15. The number of rotatable bonds is 4. The zero-order valence-electron chi connectivity index (χ0n) is 15.3. The van der Waals surface area contributed by atoms with Crippen molar-refractivity contribution in [1.29, 1.82) is 5.26 Å². The number of nitrogen functional groups attached to an aromatic ring is 1. The monoisotopic (exact) mass is 399 g/mol. The highest BCUT2D eigenvalue weighted by Crippen LogP contribution is 2.38. The Morgan fingerprint density at radius 1 is 1.14 bits per heavy atom. The summed E-state index contributed by atoms with van der Waals surface area (Å²) in [7, 11) is 1.50. The van der Waals surface area contributed by atoms with E-state index in [0.717, 1.165) is 12.1 Å². The van der Waals surface area contributed by atoms with Crippen molar-refractivity contribution in [2.24, 2.45) is 0 Å². The number of benzene rings is 2. The second-order valence-electron chi connectivity index (χ2n) is 6.15. The molecule has 8 heteroatoms. The largest absolute Gasteiger partial charge is 0.497 e. The summed E-state index contributed by atoms with van der Waals surface area (Å²) in [6.07, 6.45) is -4.49. The van der Waals surface area contributed by atoms with Gasteiger partial charge in [0.05, 0.1) is 25.0 Å². The van der Waals surface area contributed by atoms with Gasteiger partial charge in [0.2, 0.25) is 0 Å². The molecule has 0 saturated carbocycles. The number of hydrogen-bond acceptors (Lipinski definition) is 5. The van der Waals surface area contributed by atoms with Crippen LogP contribution < -0.4 is 10.5 Å². The molecule has 2 aromatic carbocycles. The first-order valence-electron chi connectivity index (χ1n) is 8.45. The summed E-state index contributed by atoms with van der Waals surface area (Å²) in [5.41, 5.74) is 6.88. The van der Waals surface area contributed by atoms with Crippen LogP contribution in [0.4, 0.5) is 19.0 Å². The Hall–Kier alpha value is -3.57. The van der Waals surface area contributed by atoms with Gasteiger partial charge in [0.25, 0.3) is 0 Å². The van der Waals surface area contributed by atoms with Gasteiger partial charge >= 0.3 is 6.18 Å². The average Bonchev–Trinajstić information content (AvgIpc) is 2.72. The van der Waals surface area contributed by atoms with Crippen LogP contribution in [0.1, 0.15) is 16.7 Å². The molecule has 0 aliphatic carbocycles. The summed E-state index contributed by atoms with van der Waals surface area (Å²) in [6, 6.07) is 13.1. The number of hydrogen-bond donors (Lipinski definition) is 2. The maximum absolute atomic E-state index is 12.9. The summed E-state index contributed by atoms with van der Waals surface area (Å²) in [5.74, 6) is 0.463. The fourth-order valence-electron chi connectivity index (χ4n) is 3.06. The van der Waals surface area contributed by atoms with Gasteiger partial charge in [-0.3, -0.25) is 0 Å². The lowest BCUT2D eigenvalue weighted by molar-refractivity contribution is -0.137. The molecule has 0 radical (unpaired) electrons. The SMILES string of the molecule is COc1cccc(-c2nc(N)c(C#N)c(-c3ccc(C(F)(F)F)cc3)c2CO)c1. The molecule has 0 atom stereocenters. The molecule has 0 saturated heterocycles. The van der Waals surface area contributed by atoms with Crippen molar-refractivity contribution in [2.45, 2.75) is 12.8 Å². The summed E-state index contributed by atoms with van der Waals surface area (Å²) in [5, 5.41) is 19.6. The Bertz CT molecular complexity index is 1090. The van der Waals surface area contributed by atoms with Gasteiger partial charge < -0.3 is 15.6 Å². The van der Waals surface area contributed by atoms with Crippen LogP contribution in [0, 0.1) is 11.3 Å². The van der Waals surface area contributed by atoms with E-state index in [2.05, 4.69) is 4.98 Å². The summed E-state index contributed by atoms with van der Waals surface area (Å²) in [6.45, 7) is -0.495. The first-order valence-corrected chi connectivity index (χ1v) is 8.45. The number of nitrogens with two attached hydrogens (primary N) is 1. The molecule has 3 aromatic rings. The molecular weight excluding hydrogens is 383 g/mol. The highest BCUT2D eigenvalue weighted by Gasteiger charge is 2.30. The molecule has 0 aliphatic rings. The number of anilines is 1. The molecule has 0 spiro atoms. The highest BCUT2D eigenvalue weighted by molar-refractivity contribution is 5.84. The summed E-state index contributed by atoms with van der Waals surface area (Å²) < 4.78 is 43.9. The second kappa shape index (κ2) is 7.81. The van der Waals surface area contributed by atoms with E-state index in [9.17, 15) is 23.5 Å². The maximum Gasteiger partial charge on any atom is 0.416 e. The summed E-state index contributed by atoms with van der Waals surface area (Å²) >= 11 is 0.